The number of thioether (sulfide) groups is 1. The summed E-state index contributed by atoms with van der Waals surface area (Å²) in [4.78, 5) is 13.6. The van der Waals surface area contributed by atoms with Crippen molar-refractivity contribution in [1.29, 1.82) is 0 Å². The highest BCUT2D eigenvalue weighted by Crippen LogP contribution is 2.29. The number of tetrazole rings is 1. The largest absolute Gasteiger partial charge is 0.489 e. The van der Waals surface area contributed by atoms with Gasteiger partial charge in [-0.05, 0) is 83.1 Å². The predicted molar refractivity (Wildman–Crippen MR) is 124 cm³/mol. The van der Waals surface area contributed by atoms with E-state index in [9.17, 15) is 4.79 Å². The van der Waals surface area contributed by atoms with Gasteiger partial charge < -0.3 is 4.74 Å². The summed E-state index contributed by atoms with van der Waals surface area (Å²) in [7, 11) is 1.58. The summed E-state index contributed by atoms with van der Waals surface area (Å²) in [6.45, 7) is 4.37. The van der Waals surface area contributed by atoms with Crippen LogP contribution in [0.3, 0.4) is 0 Å². The van der Waals surface area contributed by atoms with Crippen molar-refractivity contribution in [2.24, 2.45) is 7.05 Å². The number of rotatable bonds is 6. The van der Waals surface area contributed by atoms with Crippen molar-refractivity contribution in [3.8, 4) is 22.6 Å². The molecule has 0 aliphatic carbocycles. The molecule has 0 aliphatic rings. The first-order valence-corrected chi connectivity index (χ1v) is 11.2. The van der Waals surface area contributed by atoms with E-state index >= 15 is 0 Å². The fraction of sp³-hybridized carbons (Fsp3) is 0.208. The molecule has 7 heteroatoms. The van der Waals surface area contributed by atoms with Gasteiger partial charge in [-0.25, -0.2) is 4.79 Å². The van der Waals surface area contributed by atoms with E-state index in [1.807, 2.05) is 38.1 Å². The quantitative estimate of drug-likeness (QED) is 0.418. The predicted octanol–water partition coefficient (Wildman–Crippen LogP) is 4.55. The third kappa shape index (κ3) is 4.27. The lowest BCUT2D eigenvalue weighted by Gasteiger charge is -2.15. The molecule has 4 rings (SSSR count). The van der Waals surface area contributed by atoms with Crippen LogP contribution in [-0.2, 0) is 13.7 Å². The van der Waals surface area contributed by atoms with E-state index in [1.54, 1.807) is 18.8 Å². The molecule has 0 N–H and O–H groups in total. The maximum atomic E-state index is 12.3. The van der Waals surface area contributed by atoms with E-state index in [4.69, 9.17) is 4.74 Å². The molecule has 4 aromatic rings. The SMILES string of the molecule is CSc1cccc(-c2ccc(OCc3c(C)cccc3-n3nnn(C)c3=O)c(C)c2)c1. The van der Waals surface area contributed by atoms with Gasteiger partial charge in [-0.1, -0.05) is 30.3 Å². The van der Waals surface area contributed by atoms with Gasteiger partial charge in [0.05, 0.1) is 5.69 Å². The lowest BCUT2D eigenvalue weighted by atomic mass is 10.0. The second-order valence-corrected chi connectivity index (χ2v) is 8.25. The molecule has 0 amide bonds. The topological polar surface area (TPSA) is 61.9 Å². The molecule has 31 heavy (non-hydrogen) atoms. The van der Waals surface area contributed by atoms with Gasteiger partial charge in [0.25, 0.3) is 0 Å². The Morgan fingerprint density at radius 1 is 0.935 bits per heavy atom. The average molecular weight is 433 g/mol. The molecule has 158 valence electrons. The van der Waals surface area contributed by atoms with Crippen LogP contribution in [0.4, 0.5) is 0 Å². The lowest BCUT2D eigenvalue weighted by Crippen LogP contribution is -2.23. The lowest BCUT2D eigenvalue weighted by molar-refractivity contribution is 0.302. The van der Waals surface area contributed by atoms with Crippen molar-refractivity contribution in [3.63, 3.8) is 0 Å². The van der Waals surface area contributed by atoms with Crippen LogP contribution in [0, 0.1) is 13.8 Å². The molecule has 1 aromatic heterocycles. The normalized spacial score (nSPS) is 11.0. The first-order valence-electron chi connectivity index (χ1n) is 9.93. The van der Waals surface area contributed by atoms with E-state index in [1.165, 1.54) is 19.8 Å². The van der Waals surface area contributed by atoms with Crippen molar-refractivity contribution in [3.05, 3.63) is 87.8 Å². The fourth-order valence-electron chi connectivity index (χ4n) is 3.48. The minimum Gasteiger partial charge on any atom is -0.489 e. The monoisotopic (exact) mass is 432 g/mol. The standard InChI is InChI=1S/C24H24N4O2S/c1-16-7-5-10-22(28-24(29)27(3)25-26-28)21(16)15-30-23-12-11-19(13-17(23)2)18-8-6-9-20(14-18)31-4/h5-14H,15H2,1-4H3. The molecule has 0 spiro atoms. The third-order valence-electron chi connectivity index (χ3n) is 5.29. The second-order valence-electron chi connectivity index (χ2n) is 7.37. The Bertz CT molecular complexity index is 1290. The first kappa shape index (κ1) is 20.9. The zero-order chi connectivity index (χ0) is 22.0. The molecule has 0 aliphatic heterocycles. The molecule has 1 heterocycles. The van der Waals surface area contributed by atoms with Crippen molar-refractivity contribution < 1.29 is 4.74 Å². The molecule has 6 nitrogen and oxygen atoms in total. The van der Waals surface area contributed by atoms with Gasteiger partial charge in [-0.2, -0.15) is 9.36 Å². The van der Waals surface area contributed by atoms with E-state index in [2.05, 4.69) is 53.1 Å². The van der Waals surface area contributed by atoms with E-state index in [0.717, 1.165) is 28.0 Å². The Kier molecular flexibility index (Phi) is 5.95. The second kappa shape index (κ2) is 8.81. The summed E-state index contributed by atoms with van der Waals surface area (Å²) >= 11 is 1.73. The molecular weight excluding hydrogens is 408 g/mol. The van der Waals surface area contributed by atoms with E-state index in [0.29, 0.717) is 12.3 Å². The van der Waals surface area contributed by atoms with Gasteiger partial charge in [-0.15, -0.1) is 11.8 Å². The van der Waals surface area contributed by atoms with Crippen LogP contribution >= 0.6 is 11.8 Å². The smallest absolute Gasteiger partial charge is 0.368 e. The van der Waals surface area contributed by atoms with Gasteiger partial charge in [0.2, 0.25) is 0 Å². The maximum Gasteiger partial charge on any atom is 0.368 e. The molecule has 0 unspecified atom stereocenters. The zero-order valence-electron chi connectivity index (χ0n) is 18.0. The van der Waals surface area contributed by atoms with Crippen molar-refractivity contribution >= 4 is 11.8 Å². The van der Waals surface area contributed by atoms with Gasteiger partial charge >= 0.3 is 5.69 Å². The highest BCUT2D eigenvalue weighted by atomic mass is 32.2. The third-order valence-corrected chi connectivity index (χ3v) is 6.01. The molecule has 3 aromatic carbocycles. The molecular formula is C24H24N4O2S. The van der Waals surface area contributed by atoms with Crippen LogP contribution in [-0.4, -0.2) is 26.0 Å². The number of ether oxygens (including phenoxy) is 1. The Labute approximate surface area is 185 Å². The Hall–Kier alpha value is -3.32. The first-order chi connectivity index (χ1) is 15.0. The highest BCUT2D eigenvalue weighted by molar-refractivity contribution is 7.98. The van der Waals surface area contributed by atoms with E-state index < -0.39 is 0 Å². The molecule has 0 saturated heterocycles. The zero-order valence-corrected chi connectivity index (χ0v) is 18.8. The number of aromatic nitrogens is 4. The Balaban J connectivity index is 1.60. The van der Waals surface area contributed by atoms with Crippen molar-refractivity contribution in [2.45, 2.75) is 25.3 Å². The summed E-state index contributed by atoms with van der Waals surface area (Å²) in [5.74, 6) is 0.811. The van der Waals surface area contributed by atoms with Crippen LogP contribution < -0.4 is 10.4 Å². The Morgan fingerprint density at radius 2 is 1.71 bits per heavy atom. The summed E-state index contributed by atoms with van der Waals surface area (Å²) in [5.41, 5.74) is 5.72. The van der Waals surface area contributed by atoms with Crippen LogP contribution in [0.1, 0.15) is 16.7 Å². The number of aryl methyl sites for hydroxylation is 3. The number of hydrogen-bond acceptors (Lipinski definition) is 5. The van der Waals surface area contributed by atoms with Gasteiger partial charge in [0.15, 0.2) is 0 Å². The summed E-state index contributed by atoms with van der Waals surface area (Å²) < 4.78 is 8.69. The number of hydrogen-bond donors (Lipinski definition) is 0. The van der Waals surface area contributed by atoms with E-state index in [-0.39, 0.29) is 5.69 Å². The molecule has 0 radical (unpaired) electrons. The molecule has 0 fully saturated rings. The number of nitrogens with zero attached hydrogens (tertiary/aromatic N) is 4. The summed E-state index contributed by atoms with van der Waals surface area (Å²) in [5, 5.41) is 7.80. The minimum absolute atomic E-state index is 0.292. The fourth-order valence-corrected chi connectivity index (χ4v) is 3.94. The summed E-state index contributed by atoms with van der Waals surface area (Å²) in [6, 6.07) is 20.5. The van der Waals surface area contributed by atoms with Crippen molar-refractivity contribution in [1.82, 2.24) is 19.8 Å². The summed E-state index contributed by atoms with van der Waals surface area (Å²) in [6.07, 6.45) is 2.08. The van der Waals surface area contributed by atoms with Gasteiger partial charge in [0, 0.05) is 17.5 Å². The molecule has 0 bridgehead atoms. The van der Waals surface area contributed by atoms with Crippen LogP contribution in [0.15, 0.2) is 70.4 Å². The number of benzene rings is 3. The highest BCUT2D eigenvalue weighted by Gasteiger charge is 2.14. The Morgan fingerprint density at radius 3 is 2.42 bits per heavy atom. The van der Waals surface area contributed by atoms with Gasteiger partial charge in [0.1, 0.15) is 12.4 Å². The van der Waals surface area contributed by atoms with Gasteiger partial charge in [-0.3, -0.25) is 0 Å². The van der Waals surface area contributed by atoms with Crippen LogP contribution in [0.25, 0.3) is 16.8 Å². The molecule has 0 atom stereocenters. The molecule has 0 saturated carbocycles. The van der Waals surface area contributed by atoms with Crippen LogP contribution in [0.5, 0.6) is 5.75 Å². The van der Waals surface area contributed by atoms with Crippen LogP contribution in [0.2, 0.25) is 0 Å². The van der Waals surface area contributed by atoms with Crippen molar-refractivity contribution in [2.75, 3.05) is 6.26 Å². The maximum absolute atomic E-state index is 12.3. The average Bonchev–Trinajstić information content (AvgIpc) is 3.11. The minimum atomic E-state index is -0.292.